The number of fused-ring (bicyclic) bond motifs is 1. The fourth-order valence-electron chi connectivity index (χ4n) is 4.08. The van der Waals surface area contributed by atoms with Crippen molar-refractivity contribution in [2.75, 3.05) is 13.7 Å². The van der Waals surface area contributed by atoms with Crippen LogP contribution in [0.5, 0.6) is 11.5 Å². The molecule has 1 unspecified atom stereocenters. The van der Waals surface area contributed by atoms with Crippen LogP contribution in [0.3, 0.4) is 0 Å². The van der Waals surface area contributed by atoms with E-state index in [4.69, 9.17) is 14.5 Å². The lowest BCUT2D eigenvalue weighted by atomic mass is 10.2. The SMILES string of the molecule is CCN=c1ncn(Cc2ccc(OC)c(OC3CCCC3)c2)c2nc(CC(C)O)[nH]c12.Cl. The van der Waals surface area contributed by atoms with Crippen molar-refractivity contribution in [2.24, 2.45) is 4.99 Å². The molecular weight excluding hydrogens is 430 g/mol. The molecule has 1 aromatic carbocycles. The highest BCUT2D eigenvalue weighted by Crippen LogP contribution is 2.32. The third-order valence-corrected chi connectivity index (χ3v) is 5.52. The zero-order chi connectivity index (χ0) is 21.8. The van der Waals surface area contributed by atoms with Crippen LogP contribution in [0.1, 0.15) is 50.9 Å². The lowest BCUT2D eigenvalue weighted by molar-refractivity contribution is 0.193. The normalized spacial score (nSPS) is 15.7. The quantitative estimate of drug-likeness (QED) is 0.535. The predicted octanol–water partition coefficient (Wildman–Crippen LogP) is 3.40. The summed E-state index contributed by atoms with van der Waals surface area (Å²) < 4.78 is 13.8. The van der Waals surface area contributed by atoms with Crippen LogP contribution in [0.2, 0.25) is 0 Å². The van der Waals surface area contributed by atoms with Gasteiger partial charge in [-0.2, -0.15) is 0 Å². The molecule has 3 aromatic rings. The lowest BCUT2D eigenvalue weighted by Gasteiger charge is -2.17. The minimum absolute atomic E-state index is 0. The molecule has 0 saturated heterocycles. The van der Waals surface area contributed by atoms with E-state index in [2.05, 4.69) is 15.0 Å². The van der Waals surface area contributed by atoms with Crippen LogP contribution in [-0.2, 0) is 13.0 Å². The van der Waals surface area contributed by atoms with Crippen LogP contribution in [0.15, 0.2) is 29.5 Å². The standard InChI is InChI=1S/C23H31N5O3.ClH/c1-4-24-22-21-23(27-20(26-21)11-15(2)29)28(14-25-22)13-16-9-10-18(30-3)19(12-16)31-17-7-5-6-8-17;/h9-10,12,14-15,17,29H,4-8,11,13H2,1-3H3,(H,26,27);1H. The first kappa shape index (κ1) is 24.1. The van der Waals surface area contributed by atoms with Crippen molar-refractivity contribution in [3.8, 4) is 11.5 Å². The zero-order valence-electron chi connectivity index (χ0n) is 18.9. The molecule has 2 heterocycles. The molecule has 2 aromatic heterocycles. The second kappa shape index (κ2) is 10.8. The molecule has 0 radical (unpaired) electrons. The molecule has 0 aliphatic heterocycles. The van der Waals surface area contributed by atoms with Crippen molar-refractivity contribution in [2.45, 2.75) is 64.7 Å². The van der Waals surface area contributed by atoms with Crippen LogP contribution >= 0.6 is 12.4 Å². The van der Waals surface area contributed by atoms with Gasteiger partial charge in [-0.1, -0.05) is 6.07 Å². The highest BCUT2D eigenvalue weighted by Gasteiger charge is 2.19. The van der Waals surface area contributed by atoms with Gasteiger partial charge < -0.3 is 24.1 Å². The van der Waals surface area contributed by atoms with E-state index in [1.807, 2.05) is 29.7 Å². The average molecular weight is 462 g/mol. The number of nitrogens with one attached hydrogen (secondary N) is 1. The Morgan fingerprint density at radius 3 is 2.75 bits per heavy atom. The number of imidazole rings is 1. The van der Waals surface area contributed by atoms with Crippen molar-refractivity contribution in [3.05, 3.63) is 41.4 Å². The fraction of sp³-hybridized carbons (Fsp3) is 0.522. The Hall–Kier alpha value is -2.58. The molecule has 1 fully saturated rings. The average Bonchev–Trinajstić information content (AvgIpc) is 3.40. The van der Waals surface area contributed by atoms with Crippen LogP contribution in [0.4, 0.5) is 0 Å². The Balaban J connectivity index is 0.00000289. The largest absolute Gasteiger partial charge is 0.493 e. The molecule has 8 nitrogen and oxygen atoms in total. The molecule has 32 heavy (non-hydrogen) atoms. The first-order valence-electron chi connectivity index (χ1n) is 11.0. The summed E-state index contributed by atoms with van der Waals surface area (Å²) in [5.74, 6) is 2.26. The van der Waals surface area contributed by atoms with Gasteiger partial charge >= 0.3 is 0 Å². The van der Waals surface area contributed by atoms with Gasteiger partial charge in [0.25, 0.3) is 0 Å². The summed E-state index contributed by atoms with van der Waals surface area (Å²) in [5, 5.41) is 9.77. The van der Waals surface area contributed by atoms with Crippen molar-refractivity contribution in [3.63, 3.8) is 0 Å². The number of aromatic amines is 1. The van der Waals surface area contributed by atoms with Crippen LogP contribution in [0, 0.1) is 0 Å². The highest BCUT2D eigenvalue weighted by molar-refractivity contribution is 5.85. The number of halogens is 1. The molecule has 1 atom stereocenters. The highest BCUT2D eigenvalue weighted by atomic mass is 35.5. The van der Waals surface area contributed by atoms with E-state index in [0.717, 1.165) is 46.9 Å². The van der Waals surface area contributed by atoms with Crippen molar-refractivity contribution in [1.29, 1.82) is 0 Å². The van der Waals surface area contributed by atoms with Gasteiger partial charge in [0.1, 0.15) is 11.3 Å². The maximum Gasteiger partial charge on any atom is 0.176 e. The van der Waals surface area contributed by atoms with E-state index in [9.17, 15) is 5.11 Å². The Kier molecular flexibility index (Phi) is 8.15. The predicted molar refractivity (Wildman–Crippen MR) is 126 cm³/mol. The summed E-state index contributed by atoms with van der Waals surface area (Å²) in [6.45, 7) is 4.95. The summed E-state index contributed by atoms with van der Waals surface area (Å²) in [4.78, 5) is 17.0. The summed E-state index contributed by atoms with van der Waals surface area (Å²) >= 11 is 0. The summed E-state index contributed by atoms with van der Waals surface area (Å²) in [7, 11) is 1.67. The maximum absolute atomic E-state index is 9.77. The number of nitrogens with zero attached hydrogens (tertiary/aromatic N) is 4. The molecule has 174 valence electrons. The van der Waals surface area contributed by atoms with Gasteiger partial charge in [-0.25, -0.2) is 9.97 Å². The second-order valence-electron chi connectivity index (χ2n) is 8.12. The van der Waals surface area contributed by atoms with Gasteiger partial charge in [-0.05, 0) is 57.2 Å². The van der Waals surface area contributed by atoms with E-state index < -0.39 is 6.10 Å². The molecule has 4 rings (SSSR count). The summed E-state index contributed by atoms with van der Waals surface area (Å²) in [6, 6.07) is 6.03. The Morgan fingerprint density at radius 2 is 2.06 bits per heavy atom. The van der Waals surface area contributed by atoms with E-state index >= 15 is 0 Å². The van der Waals surface area contributed by atoms with E-state index in [-0.39, 0.29) is 18.5 Å². The third-order valence-electron chi connectivity index (χ3n) is 5.52. The van der Waals surface area contributed by atoms with Gasteiger partial charge in [0.2, 0.25) is 0 Å². The van der Waals surface area contributed by atoms with Gasteiger partial charge in [-0.3, -0.25) is 4.99 Å². The van der Waals surface area contributed by atoms with Crippen molar-refractivity contribution >= 4 is 23.6 Å². The van der Waals surface area contributed by atoms with Gasteiger partial charge in [0.15, 0.2) is 22.6 Å². The topological polar surface area (TPSA) is 97.6 Å². The van der Waals surface area contributed by atoms with Gasteiger partial charge in [0.05, 0.1) is 32.2 Å². The van der Waals surface area contributed by atoms with E-state index in [0.29, 0.717) is 25.0 Å². The van der Waals surface area contributed by atoms with Crippen molar-refractivity contribution < 1.29 is 14.6 Å². The molecule has 0 amide bonds. The number of benzene rings is 1. The number of rotatable bonds is 8. The van der Waals surface area contributed by atoms with Crippen LogP contribution in [0.25, 0.3) is 11.2 Å². The minimum atomic E-state index is -0.481. The Morgan fingerprint density at radius 1 is 1.28 bits per heavy atom. The summed E-state index contributed by atoms with van der Waals surface area (Å²) in [6.07, 6.45) is 6.61. The molecule has 9 heteroatoms. The number of H-pyrrole nitrogens is 1. The van der Waals surface area contributed by atoms with Crippen molar-refractivity contribution in [1.82, 2.24) is 19.5 Å². The molecule has 1 saturated carbocycles. The second-order valence-corrected chi connectivity index (χ2v) is 8.12. The molecule has 1 aliphatic carbocycles. The molecule has 1 aliphatic rings. The monoisotopic (exact) mass is 461 g/mol. The number of aromatic nitrogens is 4. The van der Waals surface area contributed by atoms with Gasteiger partial charge in [-0.15, -0.1) is 12.4 Å². The smallest absolute Gasteiger partial charge is 0.176 e. The maximum atomic E-state index is 9.77. The number of ether oxygens (including phenoxy) is 2. The van der Waals surface area contributed by atoms with Crippen LogP contribution < -0.4 is 15.0 Å². The molecule has 2 N–H and O–H groups in total. The fourth-order valence-corrected chi connectivity index (χ4v) is 4.08. The van der Waals surface area contributed by atoms with E-state index in [1.165, 1.54) is 12.8 Å². The number of hydrogen-bond acceptors (Lipinski definition) is 6. The number of aliphatic hydroxyl groups is 1. The minimum Gasteiger partial charge on any atom is -0.493 e. The molecule has 0 spiro atoms. The number of hydrogen-bond donors (Lipinski definition) is 2. The first-order valence-corrected chi connectivity index (χ1v) is 11.0. The number of aliphatic hydroxyl groups excluding tert-OH is 1. The van der Waals surface area contributed by atoms with E-state index in [1.54, 1.807) is 20.4 Å². The first-order chi connectivity index (χ1) is 15.1. The zero-order valence-corrected chi connectivity index (χ0v) is 19.7. The molecule has 0 bridgehead atoms. The van der Waals surface area contributed by atoms with Gasteiger partial charge in [0, 0.05) is 13.0 Å². The Bertz CT molecular complexity index is 1100. The lowest BCUT2D eigenvalue weighted by Crippen LogP contribution is -2.15. The van der Waals surface area contributed by atoms with Crippen LogP contribution in [-0.4, -0.2) is 50.5 Å². The molecular formula is C23H32ClN5O3. The third kappa shape index (κ3) is 5.42. The Labute approximate surface area is 194 Å². The summed E-state index contributed by atoms with van der Waals surface area (Å²) in [5.41, 5.74) is 3.27. The number of methoxy groups -OCH3 is 1.